The molecule has 3 heterocycles. The molecule has 0 bridgehead atoms. The summed E-state index contributed by atoms with van der Waals surface area (Å²) in [5.74, 6) is 0.766. The first kappa shape index (κ1) is 11.6. The molecular formula is C14H11N7. The zero-order valence-electron chi connectivity index (χ0n) is 10.9. The maximum absolute atomic E-state index is 5.72. The van der Waals surface area contributed by atoms with Crippen LogP contribution in [0, 0.1) is 0 Å². The van der Waals surface area contributed by atoms with Crippen LogP contribution in [0.2, 0.25) is 0 Å². The molecule has 7 heteroatoms. The lowest BCUT2D eigenvalue weighted by molar-refractivity contribution is 1.21. The Morgan fingerprint density at radius 2 is 2.00 bits per heavy atom. The molecule has 0 aliphatic rings. The number of aromatic amines is 1. The topological polar surface area (TPSA) is 105 Å². The van der Waals surface area contributed by atoms with Crippen LogP contribution in [-0.4, -0.2) is 24.9 Å². The SMILES string of the molecule is Nc1nc(Nc2cccc3ncccc23)c2[nH]cnc2n1. The Morgan fingerprint density at radius 3 is 2.95 bits per heavy atom. The maximum Gasteiger partial charge on any atom is 0.224 e. The van der Waals surface area contributed by atoms with Gasteiger partial charge in [0.25, 0.3) is 0 Å². The molecule has 4 rings (SSSR count). The van der Waals surface area contributed by atoms with E-state index in [2.05, 4.69) is 30.2 Å². The van der Waals surface area contributed by atoms with Crippen molar-refractivity contribution in [2.45, 2.75) is 0 Å². The van der Waals surface area contributed by atoms with Crippen LogP contribution in [0.5, 0.6) is 0 Å². The van der Waals surface area contributed by atoms with Crippen molar-refractivity contribution in [1.82, 2.24) is 24.9 Å². The van der Waals surface area contributed by atoms with Gasteiger partial charge in [-0.05, 0) is 24.3 Å². The number of hydrogen-bond acceptors (Lipinski definition) is 6. The summed E-state index contributed by atoms with van der Waals surface area (Å²) in [6.07, 6.45) is 3.33. The van der Waals surface area contributed by atoms with Gasteiger partial charge in [-0.25, -0.2) is 4.98 Å². The van der Waals surface area contributed by atoms with E-state index < -0.39 is 0 Å². The molecule has 0 aliphatic heterocycles. The number of rotatable bonds is 2. The standard InChI is InChI=1S/C14H11N7/c15-14-20-12-11(17-7-18-12)13(21-14)19-10-5-1-4-9-8(10)3-2-6-16-9/h1-7H,(H4,15,17,18,19,20,21). The van der Waals surface area contributed by atoms with E-state index in [9.17, 15) is 0 Å². The predicted molar refractivity (Wildman–Crippen MR) is 81.1 cm³/mol. The summed E-state index contributed by atoms with van der Waals surface area (Å²) < 4.78 is 0. The number of H-pyrrole nitrogens is 1. The molecule has 3 aromatic heterocycles. The number of hydrogen-bond donors (Lipinski definition) is 3. The minimum atomic E-state index is 0.176. The average Bonchev–Trinajstić information content (AvgIpc) is 2.96. The number of nitrogens with zero attached hydrogens (tertiary/aromatic N) is 4. The third-order valence-electron chi connectivity index (χ3n) is 3.20. The third kappa shape index (κ3) is 1.91. The van der Waals surface area contributed by atoms with E-state index in [1.54, 1.807) is 12.5 Å². The summed E-state index contributed by atoms with van der Waals surface area (Å²) in [4.78, 5) is 19.8. The summed E-state index contributed by atoms with van der Waals surface area (Å²) >= 11 is 0. The molecule has 0 unspecified atom stereocenters. The summed E-state index contributed by atoms with van der Waals surface area (Å²) in [7, 11) is 0. The lowest BCUT2D eigenvalue weighted by Gasteiger charge is -2.09. The first-order chi connectivity index (χ1) is 10.3. The molecule has 4 aromatic rings. The van der Waals surface area contributed by atoms with Crippen molar-refractivity contribution in [1.29, 1.82) is 0 Å². The van der Waals surface area contributed by atoms with Crippen LogP contribution in [0.15, 0.2) is 42.9 Å². The summed E-state index contributed by atoms with van der Waals surface area (Å²) in [6.45, 7) is 0. The van der Waals surface area contributed by atoms with Gasteiger partial charge in [-0.15, -0.1) is 0 Å². The molecule has 7 nitrogen and oxygen atoms in total. The second-order valence-electron chi connectivity index (χ2n) is 4.53. The van der Waals surface area contributed by atoms with Crippen LogP contribution in [0.25, 0.3) is 22.1 Å². The molecule has 0 spiro atoms. The van der Waals surface area contributed by atoms with Gasteiger partial charge in [0.05, 0.1) is 11.8 Å². The second-order valence-corrected chi connectivity index (χ2v) is 4.53. The zero-order chi connectivity index (χ0) is 14.2. The number of aromatic nitrogens is 5. The molecule has 0 aliphatic carbocycles. The van der Waals surface area contributed by atoms with Gasteiger partial charge >= 0.3 is 0 Å². The molecule has 0 fully saturated rings. The van der Waals surface area contributed by atoms with E-state index in [-0.39, 0.29) is 5.95 Å². The number of nitrogen functional groups attached to an aromatic ring is 1. The van der Waals surface area contributed by atoms with Gasteiger partial charge in [0.15, 0.2) is 11.5 Å². The third-order valence-corrected chi connectivity index (χ3v) is 3.20. The van der Waals surface area contributed by atoms with E-state index in [0.717, 1.165) is 16.6 Å². The Morgan fingerprint density at radius 1 is 1.05 bits per heavy atom. The molecule has 0 amide bonds. The van der Waals surface area contributed by atoms with E-state index in [1.807, 2.05) is 30.3 Å². The fourth-order valence-corrected chi connectivity index (χ4v) is 2.28. The number of benzene rings is 1. The summed E-state index contributed by atoms with van der Waals surface area (Å²) in [5, 5.41) is 4.28. The lowest BCUT2D eigenvalue weighted by atomic mass is 10.2. The second kappa shape index (κ2) is 4.41. The fraction of sp³-hybridized carbons (Fsp3) is 0. The Labute approximate surface area is 119 Å². The largest absolute Gasteiger partial charge is 0.368 e. The fourth-order valence-electron chi connectivity index (χ4n) is 2.28. The van der Waals surface area contributed by atoms with Crippen LogP contribution in [0.4, 0.5) is 17.5 Å². The van der Waals surface area contributed by atoms with Gasteiger partial charge in [0, 0.05) is 17.3 Å². The summed E-state index contributed by atoms with van der Waals surface area (Å²) in [5.41, 5.74) is 8.77. The molecular weight excluding hydrogens is 266 g/mol. The number of nitrogens with one attached hydrogen (secondary N) is 2. The van der Waals surface area contributed by atoms with Gasteiger partial charge in [-0.2, -0.15) is 9.97 Å². The molecule has 0 saturated carbocycles. The number of fused-ring (bicyclic) bond motifs is 2. The Bertz CT molecular complexity index is 939. The monoisotopic (exact) mass is 277 g/mol. The quantitative estimate of drug-likeness (QED) is 0.519. The first-order valence-corrected chi connectivity index (χ1v) is 6.38. The van der Waals surface area contributed by atoms with Crippen molar-refractivity contribution >= 4 is 39.5 Å². The van der Waals surface area contributed by atoms with Crippen molar-refractivity contribution < 1.29 is 0 Å². The lowest BCUT2D eigenvalue weighted by Crippen LogP contribution is -2.01. The van der Waals surface area contributed by atoms with Crippen LogP contribution >= 0.6 is 0 Å². The van der Waals surface area contributed by atoms with E-state index in [0.29, 0.717) is 17.0 Å². The van der Waals surface area contributed by atoms with Crippen molar-refractivity contribution in [2.75, 3.05) is 11.1 Å². The van der Waals surface area contributed by atoms with Crippen LogP contribution in [0.3, 0.4) is 0 Å². The Balaban J connectivity index is 1.89. The zero-order valence-corrected chi connectivity index (χ0v) is 10.9. The average molecular weight is 277 g/mol. The summed E-state index contributed by atoms with van der Waals surface area (Å²) in [6, 6.07) is 9.75. The van der Waals surface area contributed by atoms with E-state index >= 15 is 0 Å². The smallest absolute Gasteiger partial charge is 0.224 e. The van der Waals surface area contributed by atoms with Gasteiger partial charge in [0.2, 0.25) is 5.95 Å². The highest BCUT2D eigenvalue weighted by molar-refractivity contribution is 5.95. The van der Waals surface area contributed by atoms with E-state index in [4.69, 9.17) is 5.73 Å². The van der Waals surface area contributed by atoms with E-state index in [1.165, 1.54) is 0 Å². The van der Waals surface area contributed by atoms with Gasteiger partial charge in [-0.1, -0.05) is 6.07 Å². The highest BCUT2D eigenvalue weighted by atomic mass is 15.1. The maximum atomic E-state index is 5.72. The molecule has 21 heavy (non-hydrogen) atoms. The highest BCUT2D eigenvalue weighted by Crippen LogP contribution is 2.27. The Hall–Kier alpha value is -3.22. The van der Waals surface area contributed by atoms with Crippen molar-refractivity contribution in [3.8, 4) is 0 Å². The number of pyridine rings is 1. The molecule has 102 valence electrons. The molecule has 1 aromatic carbocycles. The molecule has 0 radical (unpaired) electrons. The van der Waals surface area contributed by atoms with Crippen LogP contribution in [-0.2, 0) is 0 Å². The van der Waals surface area contributed by atoms with Crippen LogP contribution < -0.4 is 11.1 Å². The first-order valence-electron chi connectivity index (χ1n) is 6.38. The van der Waals surface area contributed by atoms with Crippen molar-refractivity contribution in [3.63, 3.8) is 0 Å². The minimum absolute atomic E-state index is 0.176. The van der Waals surface area contributed by atoms with Crippen molar-refractivity contribution in [2.24, 2.45) is 0 Å². The van der Waals surface area contributed by atoms with Gasteiger partial charge in [-0.3, -0.25) is 4.98 Å². The number of imidazole rings is 1. The number of anilines is 3. The number of nitrogens with two attached hydrogens (primary N) is 1. The minimum Gasteiger partial charge on any atom is -0.368 e. The molecule has 0 saturated heterocycles. The normalized spacial score (nSPS) is 11.0. The van der Waals surface area contributed by atoms with Gasteiger partial charge < -0.3 is 16.0 Å². The van der Waals surface area contributed by atoms with Crippen LogP contribution in [0.1, 0.15) is 0 Å². The highest BCUT2D eigenvalue weighted by Gasteiger charge is 2.10. The van der Waals surface area contributed by atoms with Gasteiger partial charge in [0.1, 0.15) is 5.52 Å². The predicted octanol–water partition coefficient (Wildman–Crippen LogP) is 2.23. The Kier molecular flexibility index (Phi) is 2.43. The van der Waals surface area contributed by atoms with Crippen molar-refractivity contribution in [3.05, 3.63) is 42.9 Å². The molecule has 0 atom stereocenters. The molecule has 4 N–H and O–H groups in total.